The third-order valence-corrected chi connectivity index (χ3v) is 3.56. The Morgan fingerprint density at radius 2 is 2.11 bits per heavy atom. The molecule has 0 bridgehead atoms. The lowest BCUT2D eigenvalue weighted by Crippen LogP contribution is -2.15. The van der Waals surface area contributed by atoms with E-state index >= 15 is 0 Å². The lowest BCUT2D eigenvalue weighted by molar-refractivity contribution is -0.113. The van der Waals surface area contributed by atoms with E-state index in [9.17, 15) is 4.79 Å². The number of hydrogen-bond acceptors (Lipinski definition) is 5. The van der Waals surface area contributed by atoms with E-state index < -0.39 is 0 Å². The second kappa shape index (κ2) is 7.35. The number of benzene rings is 1. The highest BCUT2D eigenvalue weighted by molar-refractivity contribution is 7.99. The molecule has 1 aliphatic heterocycles. The van der Waals surface area contributed by atoms with Gasteiger partial charge in [0.15, 0.2) is 11.5 Å². The summed E-state index contributed by atoms with van der Waals surface area (Å²) in [6.45, 7) is 2.28. The van der Waals surface area contributed by atoms with Crippen LogP contribution in [0.15, 0.2) is 12.1 Å². The summed E-state index contributed by atoms with van der Waals surface area (Å²) < 4.78 is 10.4. The molecule has 0 atom stereocenters. The molecule has 1 amide bonds. The number of ether oxygens (including phenoxy) is 2. The van der Waals surface area contributed by atoms with Gasteiger partial charge in [-0.3, -0.25) is 4.79 Å². The molecular weight excluding hydrogens is 288 g/mol. The van der Waals surface area contributed by atoms with Gasteiger partial charge in [0.2, 0.25) is 12.7 Å². The van der Waals surface area contributed by atoms with Crippen LogP contribution in [0.4, 0.5) is 11.4 Å². The zero-order valence-corrected chi connectivity index (χ0v) is 12.2. The maximum atomic E-state index is 11.7. The van der Waals surface area contributed by atoms with E-state index in [0.29, 0.717) is 28.6 Å². The maximum absolute atomic E-state index is 11.7. The van der Waals surface area contributed by atoms with Crippen molar-refractivity contribution in [2.75, 3.05) is 29.3 Å². The third kappa shape index (κ3) is 4.11. The van der Waals surface area contributed by atoms with Gasteiger partial charge in [0.05, 0.1) is 17.1 Å². The summed E-state index contributed by atoms with van der Waals surface area (Å²) >= 11 is 1.60. The van der Waals surface area contributed by atoms with Gasteiger partial charge in [0, 0.05) is 12.1 Å². The number of nitrogens with two attached hydrogens (primary N) is 1. The van der Waals surface area contributed by atoms with Crippen LogP contribution < -0.4 is 20.5 Å². The van der Waals surface area contributed by atoms with E-state index in [1.54, 1.807) is 23.9 Å². The molecule has 1 aromatic carbocycles. The molecule has 0 spiro atoms. The molecule has 2 rings (SSSR count). The number of carbonyl (C=O) groups excluding carboxylic acids is 1. The Bertz CT molecular complexity index is 457. The molecule has 1 heterocycles. The number of carbonyl (C=O) groups is 1. The minimum Gasteiger partial charge on any atom is -0.454 e. The molecule has 0 radical (unpaired) electrons. The second-order valence-corrected chi connectivity index (χ2v) is 5.00. The maximum Gasteiger partial charge on any atom is 0.234 e. The normalized spacial score (nSPS) is 11.8. The molecule has 106 valence electrons. The highest BCUT2D eigenvalue weighted by Crippen LogP contribution is 2.38. The van der Waals surface area contributed by atoms with Gasteiger partial charge in [-0.2, -0.15) is 11.8 Å². The van der Waals surface area contributed by atoms with Crippen LogP contribution in [0.2, 0.25) is 0 Å². The molecule has 3 N–H and O–H groups in total. The Morgan fingerprint density at radius 3 is 2.79 bits per heavy atom. The van der Waals surface area contributed by atoms with Gasteiger partial charge < -0.3 is 20.5 Å². The Hall–Kier alpha value is -1.27. The van der Waals surface area contributed by atoms with E-state index in [2.05, 4.69) is 12.2 Å². The third-order valence-electron chi connectivity index (χ3n) is 2.40. The topological polar surface area (TPSA) is 73.6 Å². The van der Waals surface area contributed by atoms with Gasteiger partial charge in [0.25, 0.3) is 0 Å². The van der Waals surface area contributed by atoms with Crippen LogP contribution in [0.5, 0.6) is 11.5 Å². The zero-order chi connectivity index (χ0) is 13.0. The summed E-state index contributed by atoms with van der Waals surface area (Å²) in [6.07, 6.45) is 1.06. The predicted molar refractivity (Wildman–Crippen MR) is 80.5 cm³/mol. The van der Waals surface area contributed by atoms with Crippen LogP contribution in [0.3, 0.4) is 0 Å². The Balaban J connectivity index is 0.00000180. The Kier molecular flexibility index (Phi) is 6.11. The highest BCUT2D eigenvalue weighted by Gasteiger charge is 2.17. The van der Waals surface area contributed by atoms with Crippen LogP contribution in [0, 0.1) is 0 Å². The first-order valence-electron chi connectivity index (χ1n) is 5.77. The van der Waals surface area contributed by atoms with Gasteiger partial charge in [-0.1, -0.05) is 6.92 Å². The standard InChI is InChI=1S/C12H16N2O3S.ClH/c1-2-3-18-6-12(15)14-9-5-11-10(4-8(9)13)16-7-17-11;/h4-5H,2-3,6-7,13H2,1H3,(H,14,15);1H. The number of thioether (sulfide) groups is 1. The average molecular weight is 305 g/mol. The van der Waals surface area contributed by atoms with Crippen molar-refractivity contribution in [3.8, 4) is 11.5 Å². The van der Waals surface area contributed by atoms with Crippen molar-refractivity contribution in [3.05, 3.63) is 12.1 Å². The molecule has 1 aromatic rings. The molecule has 5 nitrogen and oxygen atoms in total. The van der Waals surface area contributed by atoms with E-state index in [1.165, 1.54) is 0 Å². The Morgan fingerprint density at radius 1 is 1.42 bits per heavy atom. The van der Waals surface area contributed by atoms with Crippen molar-refractivity contribution in [2.24, 2.45) is 0 Å². The van der Waals surface area contributed by atoms with Crippen molar-refractivity contribution in [1.82, 2.24) is 0 Å². The van der Waals surface area contributed by atoms with E-state index in [4.69, 9.17) is 15.2 Å². The van der Waals surface area contributed by atoms with Crippen LogP contribution in [0.25, 0.3) is 0 Å². The highest BCUT2D eigenvalue weighted by atomic mass is 35.5. The van der Waals surface area contributed by atoms with Crippen molar-refractivity contribution < 1.29 is 14.3 Å². The van der Waals surface area contributed by atoms with Gasteiger partial charge in [-0.15, -0.1) is 12.4 Å². The van der Waals surface area contributed by atoms with Crippen molar-refractivity contribution in [3.63, 3.8) is 0 Å². The van der Waals surface area contributed by atoms with Gasteiger partial charge >= 0.3 is 0 Å². The van der Waals surface area contributed by atoms with E-state index in [-0.39, 0.29) is 25.1 Å². The van der Waals surface area contributed by atoms with Crippen LogP contribution in [-0.4, -0.2) is 24.2 Å². The van der Waals surface area contributed by atoms with Gasteiger partial charge in [-0.05, 0) is 12.2 Å². The summed E-state index contributed by atoms with van der Waals surface area (Å²) in [5.74, 6) is 2.58. The fourth-order valence-corrected chi connectivity index (χ4v) is 2.25. The molecule has 0 saturated heterocycles. The predicted octanol–water partition coefficient (Wildman–Crippen LogP) is 2.50. The average Bonchev–Trinajstić information content (AvgIpc) is 2.77. The summed E-state index contributed by atoms with van der Waals surface area (Å²) in [5.41, 5.74) is 6.89. The van der Waals surface area contributed by atoms with Gasteiger partial charge in [0.1, 0.15) is 0 Å². The lowest BCUT2D eigenvalue weighted by atomic mass is 10.2. The van der Waals surface area contributed by atoms with Crippen molar-refractivity contribution in [1.29, 1.82) is 0 Å². The fourth-order valence-electron chi connectivity index (χ4n) is 1.56. The molecule has 0 aliphatic carbocycles. The largest absolute Gasteiger partial charge is 0.454 e. The molecule has 1 aliphatic rings. The number of hydrogen-bond donors (Lipinski definition) is 2. The first kappa shape index (κ1) is 15.8. The van der Waals surface area contributed by atoms with Gasteiger partial charge in [-0.25, -0.2) is 0 Å². The van der Waals surface area contributed by atoms with E-state index in [1.807, 2.05) is 0 Å². The number of halogens is 1. The molecular formula is C12H17ClN2O3S. The molecule has 0 aromatic heterocycles. The summed E-state index contributed by atoms with van der Waals surface area (Å²) in [5, 5.41) is 2.78. The minimum absolute atomic E-state index is 0. The smallest absolute Gasteiger partial charge is 0.234 e. The summed E-state index contributed by atoms with van der Waals surface area (Å²) in [7, 11) is 0. The molecule has 0 saturated carbocycles. The Labute approximate surface area is 122 Å². The number of nitrogen functional groups attached to an aromatic ring is 1. The number of nitrogens with one attached hydrogen (secondary N) is 1. The first-order valence-corrected chi connectivity index (χ1v) is 6.93. The number of anilines is 2. The van der Waals surface area contributed by atoms with E-state index in [0.717, 1.165) is 12.2 Å². The fraction of sp³-hybridized carbons (Fsp3) is 0.417. The number of fused-ring (bicyclic) bond motifs is 1. The lowest BCUT2D eigenvalue weighted by Gasteiger charge is -2.09. The second-order valence-electron chi connectivity index (χ2n) is 3.89. The van der Waals surface area contributed by atoms with Crippen LogP contribution in [-0.2, 0) is 4.79 Å². The quantitative estimate of drug-likeness (QED) is 0.646. The number of rotatable bonds is 5. The zero-order valence-electron chi connectivity index (χ0n) is 10.6. The summed E-state index contributed by atoms with van der Waals surface area (Å²) in [4.78, 5) is 11.7. The van der Waals surface area contributed by atoms with Crippen molar-refractivity contribution in [2.45, 2.75) is 13.3 Å². The molecule has 0 unspecified atom stereocenters. The van der Waals surface area contributed by atoms with Crippen LogP contribution in [0.1, 0.15) is 13.3 Å². The summed E-state index contributed by atoms with van der Waals surface area (Å²) in [6, 6.07) is 3.36. The molecule has 0 fully saturated rings. The minimum atomic E-state index is -0.0565. The van der Waals surface area contributed by atoms with Crippen molar-refractivity contribution >= 4 is 41.5 Å². The first-order chi connectivity index (χ1) is 8.70. The van der Waals surface area contributed by atoms with Crippen LogP contribution >= 0.6 is 24.2 Å². The number of amides is 1. The molecule has 7 heteroatoms. The monoisotopic (exact) mass is 304 g/mol. The molecule has 19 heavy (non-hydrogen) atoms. The SMILES string of the molecule is CCCSCC(=O)Nc1cc2c(cc1N)OCO2.Cl.